The normalized spacial score (nSPS) is 12.8. The standard InChI is InChI=1S/C19H20BN/c1-5-18-16(11-10-13(2)20-3)17-12-14-8-6-7-9-15(14)19(17)21(18)4/h5-10H,1,3,11-12H2,2,4H3/b13-10-. The molecular weight excluding hydrogens is 253 g/mol. The Morgan fingerprint density at radius 1 is 1.38 bits per heavy atom. The Labute approximate surface area is 127 Å². The monoisotopic (exact) mass is 273 g/mol. The number of benzene rings is 1. The van der Waals surface area contributed by atoms with Gasteiger partial charge in [-0.3, -0.25) is 0 Å². The summed E-state index contributed by atoms with van der Waals surface area (Å²) in [6.45, 7) is 11.8. The minimum absolute atomic E-state index is 0.941. The average Bonchev–Trinajstić information content (AvgIpc) is 3.00. The first-order valence-electron chi connectivity index (χ1n) is 7.37. The maximum atomic E-state index is 4.01. The van der Waals surface area contributed by atoms with Gasteiger partial charge in [-0.2, -0.15) is 0 Å². The second-order valence-electron chi connectivity index (χ2n) is 5.64. The SMILES string of the molecule is C=B/C(C)=C\Cc1c2c(n(C)c1C=C)-c1ccccc1C2. The summed E-state index contributed by atoms with van der Waals surface area (Å²) >= 11 is 0. The third-order valence-electron chi connectivity index (χ3n) is 4.44. The van der Waals surface area contributed by atoms with Crippen molar-refractivity contribution in [2.75, 3.05) is 0 Å². The van der Waals surface area contributed by atoms with E-state index in [1.807, 2.05) is 13.0 Å². The molecule has 2 heteroatoms. The van der Waals surface area contributed by atoms with E-state index >= 15 is 0 Å². The first-order chi connectivity index (χ1) is 10.2. The van der Waals surface area contributed by atoms with E-state index in [0.717, 1.165) is 12.8 Å². The van der Waals surface area contributed by atoms with Gasteiger partial charge in [0.1, 0.15) is 0 Å². The summed E-state index contributed by atoms with van der Waals surface area (Å²) in [4.78, 5) is 0. The number of allylic oxidation sites excluding steroid dienone is 2. The summed E-state index contributed by atoms with van der Waals surface area (Å²) in [7, 11) is 2.14. The molecule has 0 N–H and O–H groups in total. The van der Waals surface area contributed by atoms with Crippen molar-refractivity contribution in [1.82, 2.24) is 4.57 Å². The molecule has 0 saturated heterocycles. The fraction of sp³-hybridized carbons (Fsp3) is 0.211. The van der Waals surface area contributed by atoms with E-state index in [9.17, 15) is 0 Å². The van der Waals surface area contributed by atoms with E-state index in [1.165, 1.54) is 39.1 Å². The second-order valence-corrected chi connectivity index (χ2v) is 5.64. The predicted molar refractivity (Wildman–Crippen MR) is 94.1 cm³/mol. The summed E-state index contributed by atoms with van der Waals surface area (Å²) in [5.74, 6) is 0. The van der Waals surface area contributed by atoms with Crippen LogP contribution in [0.1, 0.15) is 29.3 Å². The molecule has 0 bridgehead atoms. The van der Waals surface area contributed by atoms with Crippen LogP contribution in [0.3, 0.4) is 0 Å². The first kappa shape index (κ1) is 13.9. The summed E-state index contributed by atoms with van der Waals surface area (Å²) in [6, 6.07) is 8.71. The van der Waals surface area contributed by atoms with Crippen molar-refractivity contribution in [2.24, 2.45) is 7.05 Å². The van der Waals surface area contributed by atoms with Crippen LogP contribution >= 0.6 is 0 Å². The van der Waals surface area contributed by atoms with Gasteiger partial charge in [-0.05, 0) is 0 Å². The van der Waals surface area contributed by atoms with Gasteiger partial charge in [0.25, 0.3) is 0 Å². The molecule has 1 nitrogen and oxygen atoms in total. The van der Waals surface area contributed by atoms with Crippen molar-refractivity contribution >= 4 is 19.5 Å². The fourth-order valence-corrected chi connectivity index (χ4v) is 3.29. The van der Waals surface area contributed by atoms with Crippen molar-refractivity contribution in [1.29, 1.82) is 0 Å². The van der Waals surface area contributed by atoms with Gasteiger partial charge in [0, 0.05) is 0 Å². The molecule has 1 aromatic heterocycles. The zero-order chi connectivity index (χ0) is 15.0. The number of aromatic nitrogens is 1. The van der Waals surface area contributed by atoms with Crippen LogP contribution in [0.2, 0.25) is 0 Å². The molecule has 1 aliphatic rings. The molecule has 3 rings (SSSR count). The van der Waals surface area contributed by atoms with E-state index in [-0.39, 0.29) is 0 Å². The van der Waals surface area contributed by atoms with Crippen LogP contribution in [0.15, 0.2) is 42.4 Å². The molecule has 0 atom stereocenters. The molecule has 104 valence electrons. The zero-order valence-corrected chi connectivity index (χ0v) is 12.8. The molecule has 2 aromatic rings. The Hall–Kier alpha value is -2.09. The third-order valence-corrected chi connectivity index (χ3v) is 4.44. The summed E-state index contributed by atoms with van der Waals surface area (Å²) in [5.41, 5.74) is 9.48. The Balaban J connectivity index is 2.15. The molecular formula is C19H20BN. The molecule has 0 spiro atoms. The van der Waals surface area contributed by atoms with Crippen LogP contribution in [0, 0.1) is 0 Å². The molecule has 21 heavy (non-hydrogen) atoms. The Bertz CT molecular complexity index is 762. The molecule has 0 unspecified atom stereocenters. The number of nitrogens with zero attached hydrogens (tertiary/aromatic N) is 1. The van der Waals surface area contributed by atoms with Gasteiger partial charge in [0.15, 0.2) is 0 Å². The zero-order valence-electron chi connectivity index (χ0n) is 12.8. The van der Waals surface area contributed by atoms with Crippen molar-refractivity contribution < 1.29 is 0 Å². The van der Waals surface area contributed by atoms with E-state index < -0.39 is 0 Å². The predicted octanol–water partition coefficient (Wildman–Crippen LogP) is 3.82. The molecule has 1 aromatic carbocycles. The minimum atomic E-state index is 0.941. The molecule has 0 radical (unpaired) electrons. The molecule has 0 amide bonds. The average molecular weight is 273 g/mol. The van der Waals surface area contributed by atoms with Crippen LogP contribution < -0.4 is 0 Å². The van der Waals surface area contributed by atoms with Crippen LogP contribution in [-0.2, 0) is 19.9 Å². The summed E-state index contributed by atoms with van der Waals surface area (Å²) < 4.78 is 2.29. The van der Waals surface area contributed by atoms with E-state index in [4.69, 9.17) is 0 Å². The van der Waals surface area contributed by atoms with E-state index in [1.54, 1.807) is 0 Å². The Morgan fingerprint density at radius 2 is 2.14 bits per heavy atom. The van der Waals surface area contributed by atoms with Gasteiger partial charge in [-0.15, -0.1) is 0 Å². The van der Waals surface area contributed by atoms with Gasteiger partial charge in [-0.1, -0.05) is 0 Å². The van der Waals surface area contributed by atoms with Crippen molar-refractivity contribution in [2.45, 2.75) is 19.8 Å². The van der Waals surface area contributed by atoms with Crippen LogP contribution in [-0.4, -0.2) is 18.0 Å². The summed E-state index contributed by atoms with van der Waals surface area (Å²) in [6.07, 6.45) is 6.20. The molecule has 0 aliphatic heterocycles. The van der Waals surface area contributed by atoms with Gasteiger partial charge in [0.05, 0.1) is 0 Å². The first-order valence-corrected chi connectivity index (χ1v) is 7.37. The van der Waals surface area contributed by atoms with E-state index in [0.29, 0.717) is 0 Å². The fourth-order valence-electron chi connectivity index (χ4n) is 3.29. The van der Waals surface area contributed by atoms with Gasteiger partial charge in [-0.25, -0.2) is 0 Å². The van der Waals surface area contributed by atoms with Crippen molar-refractivity contribution in [3.8, 4) is 11.3 Å². The number of hydrogen-bond donors (Lipinski definition) is 0. The van der Waals surface area contributed by atoms with Gasteiger partial charge in [0.2, 0.25) is 0 Å². The third kappa shape index (κ3) is 2.15. The molecule has 1 aliphatic carbocycles. The Kier molecular flexibility index (Phi) is 3.54. The van der Waals surface area contributed by atoms with Crippen LogP contribution in [0.4, 0.5) is 0 Å². The van der Waals surface area contributed by atoms with E-state index in [2.05, 4.69) is 61.9 Å². The molecule has 0 saturated carbocycles. The number of hydrogen-bond acceptors (Lipinski definition) is 0. The van der Waals surface area contributed by atoms with Crippen molar-refractivity contribution in [3.05, 3.63) is 64.8 Å². The van der Waals surface area contributed by atoms with Crippen LogP contribution in [0.25, 0.3) is 17.3 Å². The van der Waals surface area contributed by atoms with Gasteiger partial charge >= 0.3 is 127 Å². The van der Waals surface area contributed by atoms with Crippen LogP contribution in [0.5, 0.6) is 0 Å². The summed E-state index contributed by atoms with van der Waals surface area (Å²) in [5, 5.41) is 0. The molecule has 0 fully saturated rings. The number of rotatable bonds is 4. The second kappa shape index (κ2) is 5.36. The topological polar surface area (TPSA) is 4.93 Å². The Morgan fingerprint density at radius 3 is 2.86 bits per heavy atom. The van der Waals surface area contributed by atoms with Crippen molar-refractivity contribution in [3.63, 3.8) is 0 Å². The quantitative estimate of drug-likeness (QED) is 0.637. The van der Waals surface area contributed by atoms with Gasteiger partial charge < -0.3 is 0 Å². The maximum absolute atomic E-state index is 4.01. The number of fused-ring (bicyclic) bond motifs is 3. The molecule has 1 heterocycles.